The van der Waals surface area contributed by atoms with Crippen molar-refractivity contribution in [2.45, 2.75) is 12.8 Å². The van der Waals surface area contributed by atoms with Gasteiger partial charge in [-0.2, -0.15) is 0 Å². The van der Waals surface area contributed by atoms with E-state index in [1.165, 1.54) is 0 Å². The number of hydrogen-bond acceptors (Lipinski definition) is 4. The van der Waals surface area contributed by atoms with Crippen molar-refractivity contribution in [1.29, 1.82) is 0 Å². The minimum atomic E-state index is -0.133. The van der Waals surface area contributed by atoms with Crippen LogP contribution in [0.2, 0.25) is 0 Å². The lowest BCUT2D eigenvalue weighted by atomic mass is 10.1. The summed E-state index contributed by atoms with van der Waals surface area (Å²) < 4.78 is 10.4. The van der Waals surface area contributed by atoms with Crippen LogP contribution in [-0.2, 0) is 22.4 Å². The number of carbonyl (C=O) groups is 2. The fourth-order valence-corrected chi connectivity index (χ4v) is 2.36. The van der Waals surface area contributed by atoms with Gasteiger partial charge >= 0.3 is 0 Å². The smallest absolute Gasteiger partial charge is 0.228 e. The van der Waals surface area contributed by atoms with Crippen molar-refractivity contribution in [1.82, 2.24) is 5.32 Å². The van der Waals surface area contributed by atoms with Crippen molar-refractivity contribution in [2.24, 2.45) is 0 Å². The second kappa shape index (κ2) is 8.73. The number of benzene rings is 2. The number of likely N-dealkylation sites (N-methyl/N-ethyl adjacent to an activating group) is 1. The Morgan fingerprint density at radius 1 is 0.840 bits per heavy atom. The maximum absolute atomic E-state index is 12.2. The van der Waals surface area contributed by atoms with E-state index in [2.05, 4.69) is 10.6 Å². The molecule has 0 bridgehead atoms. The van der Waals surface area contributed by atoms with Crippen molar-refractivity contribution in [3.05, 3.63) is 53.6 Å². The summed E-state index contributed by atoms with van der Waals surface area (Å²) in [6.07, 6.45) is 0.538. The highest BCUT2D eigenvalue weighted by Crippen LogP contribution is 2.27. The van der Waals surface area contributed by atoms with Gasteiger partial charge in [-0.25, -0.2) is 0 Å². The minimum Gasteiger partial charge on any atom is -0.493 e. The molecule has 132 valence electrons. The summed E-state index contributed by atoms with van der Waals surface area (Å²) in [6.45, 7) is 0. The molecule has 0 heterocycles. The van der Waals surface area contributed by atoms with Gasteiger partial charge in [0.2, 0.25) is 11.8 Å². The van der Waals surface area contributed by atoms with Gasteiger partial charge in [0.05, 0.1) is 27.1 Å². The second-order valence-corrected chi connectivity index (χ2v) is 5.46. The SMILES string of the molecule is CNC(=O)Cc1ccc(NC(=O)Cc2ccc(OC)c(OC)c2)cc1. The van der Waals surface area contributed by atoms with E-state index in [4.69, 9.17) is 9.47 Å². The maximum Gasteiger partial charge on any atom is 0.228 e. The molecule has 0 saturated heterocycles. The molecule has 0 spiro atoms. The molecule has 0 radical (unpaired) electrons. The molecule has 2 rings (SSSR count). The van der Waals surface area contributed by atoms with Gasteiger partial charge in [-0.15, -0.1) is 0 Å². The van der Waals surface area contributed by atoms with Crippen LogP contribution in [0.15, 0.2) is 42.5 Å². The summed E-state index contributed by atoms with van der Waals surface area (Å²) in [4.78, 5) is 23.5. The molecule has 2 N–H and O–H groups in total. The van der Waals surface area contributed by atoms with E-state index in [-0.39, 0.29) is 18.2 Å². The Balaban J connectivity index is 1.97. The molecule has 0 aromatic heterocycles. The van der Waals surface area contributed by atoms with Crippen LogP contribution in [-0.4, -0.2) is 33.1 Å². The van der Waals surface area contributed by atoms with Crippen molar-refractivity contribution in [3.8, 4) is 11.5 Å². The zero-order valence-corrected chi connectivity index (χ0v) is 14.6. The monoisotopic (exact) mass is 342 g/mol. The number of anilines is 1. The van der Waals surface area contributed by atoms with Crippen LogP contribution < -0.4 is 20.1 Å². The highest BCUT2D eigenvalue weighted by molar-refractivity contribution is 5.92. The van der Waals surface area contributed by atoms with E-state index in [1.54, 1.807) is 45.5 Å². The summed E-state index contributed by atoms with van der Waals surface area (Å²) in [6, 6.07) is 12.6. The number of hydrogen-bond donors (Lipinski definition) is 2. The van der Waals surface area contributed by atoms with Gasteiger partial charge in [0.25, 0.3) is 0 Å². The molecule has 0 aliphatic rings. The molecule has 2 aromatic carbocycles. The highest BCUT2D eigenvalue weighted by Gasteiger charge is 2.09. The Morgan fingerprint density at radius 2 is 1.44 bits per heavy atom. The minimum absolute atomic E-state index is 0.0507. The van der Waals surface area contributed by atoms with Crippen LogP contribution in [0.1, 0.15) is 11.1 Å². The van der Waals surface area contributed by atoms with Crippen LogP contribution in [0.3, 0.4) is 0 Å². The normalized spacial score (nSPS) is 10.0. The van der Waals surface area contributed by atoms with Gasteiger partial charge in [-0.1, -0.05) is 18.2 Å². The number of methoxy groups -OCH3 is 2. The average molecular weight is 342 g/mol. The lowest BCUT2D eigenvalue weighted by molar-refractivity contribution is -0.120. The number of rotatable bonds is 7. The lowest BCUT2D eigenvalue weighted by Gasteiger charge is -2.10. The van der Waals surface area contributed by atoms with E-state index in [9.17, 15) is 9.59 Å². The van der Waals surface area contributed by atoms with Crippen LogP contribution in [0.25, 0.3) is 0 Å². The quantitative estimate of drug-likeness (QED) is 0.808. The van der Waals surface area contributed by atoms with Crippen molar-refractivity contribution in [2.75, 3.05) is 26.6 Å². The molecular formula is C19H22N2O4. The Labute approximate surface area is 147 Å². The molecule has 0 atom stereocenters. The topological polar surface area (TPSA) is 76.7 Å². The fourth-order valence-electron chi connectivity index (χ4n) is 2.36. The zero-order valence-electron chi connectivity index (χ0n) is 14.6. The number of amides is 2. The zero-order chi connectivity index (χ0) is 18.2. The molecular weight excluding hydrogens is 320 g/mol. The number of nitrogens with one attached hydrogen (secondary N) is 2. The predicted octanol–water partition coefficient (Wildman–Crippen LogP) is 2.17. The first kappa shape index (κ1) is 18.3. The summed E-state index contributed by atoms with van der Waals surface area (Å²) in [7, 11) is 4.73. The fraction of sp³-hybridized carbons (Fsp3) is 0.263. The second-order valence-electron chi connectivity index (χ2n) is 5.46. The third kappa shape index (κ3) is 5.24. The average Bonchev–Trinajstić information content (AvgIpc) is 2.63. The first-order valence-corrected chi connectivity index (χ1v) is 7.86. The maximum atomic E-state index is 12.2. The number of carbonyl (C=O) groups excluding carboxylic acids is 2. The largest absolute Gasteiger partial charge is 0.493 e. The van der Waals surface area contributed by atoms with Gasteiger partial charge in [0.15, 0.2) is 11.5 Å². The Bertz CT molecular complexity index is 742. The molecule has 0 aliphatic carbocycles. The first-order chi connectivity index (χ1) is 12.0. The van der Waals surface area contributed by atoms with Gasteiger partial charge in [-0.3, -0.25) is 9.59 Å². The van der Waals surface area contributed by atoms with Crippen LogP contribution in [0.4, 0.5) is 5.69 Å². The molecule has 2 aromatic rings. The first-order valence-electron chi connectivity index (χ1n) is 7.86. The Kier molecular flexibility index (Phi) is 6.39. The Hall–Kier alpha value is -3.02. The van der Waals surface area contributed by atoms with Crippen LogP contribution in [0, 0.1) is 0 Å². The summed E-state index contributed by atoms with van der Waals surface area (Å²) in [5.41, 5.74) is 2.40. The molecule has 2 amide bonds. The molecule has 0 saturated carbocycles. The molecule has 6 nitrogen and oxygen atoms in total. The van der Waals surface area contributed by atoms with E-state index >= 15 is 0 Å². The molecule has 6 heteroatoms. The van der Waals surface area contributed by atoms with Crippen molar-refractivity contribution in [3.63, 3.8) is 0 Å². The van der Waals surface area contributed by atoms with E-state index in [0.29, 0.717) is 23.6 Å². The third-order valence-electron chi connectivity index (χ3n) is 3.69. The van der Waals surface area contributed by atoms with Gasteiger partial charge < -0.3 is 20.1 Å². The summed E-state index contributed by atoms with van der Waals surface area (Å²) in [5, 5.41) is 5.42. The Morgan fingerprint density at radius 3 is 2.04 bits per heavy atom. The van der Waals surface area contributed by atoms with Gasteiger partial charge in [-0.05, 0) is 35.4 Å². The highest BCUT2D eigenvalue weighted by atomic mass is 16.5. The third-order valence-corrected chi connectivity index (χ3v) is 3.69. The van der Waals surface area contributed by atoms with Crippen LogP contribution in [0.5, 0.6) is 11.5 Å². The molecule has 25 heavy (non-hydrogen) atoms. The van der Waals surface area contributed by atoms with Gasteiger partial charge in [0.1, 0.15) is 0 Å². The summed E-state index contributed by atoms with van der Waals surface area (Å²) >= 11 is 0. The molecule has 0 aliphatic heterocycles. The standard InChI is InChI=1S/C19H22N2O4/c1-20-18(22)11-13-4-7-15(8-5-13)21-19(23)12-14-6-9-16(24-2)17(10-14)25-3/h4-10H,11-12H2,1-3H3,(H,20,22)(H,21,23). The summed E-state index contributed by atoms with van der Waals surface area (Å²) in [5.74, 6) is 1.03. The lowest BCUT2D eigenvalue weighted by Crippen LogP contribution is -2.20. The van der Waals surface area contributed by atoms with Crippen molar-refractivity contribution >= 4 is 17.5 Å². The van der Waals surface area contributed by atoms with E-state index < -0.39 is 0 Å². The molecule has 0 fully saturated rings. The van der Waals surface area contributed by atoms with E-state index in [1.807, 2.05) is 18.2 Å². The van der Waals surface area contributed by atoms with E-state index in [0.717, 1.165) is 11.1 Å². The van der Waals surface area contributed by atoms with Crippen LogP contribution >= 0.6 is 0 Å². The van der Waals surface area contributed by atoms with Gasteiger partial charge in [0, 0.05) is 12.7 Å². The predicted molar refractivity (Wildman–Crippen MR) is 96.1 cm³/mol. The molecule has 0 unspecified atom stereocenters. The number of ether oxygens (including phenoxy) is 2. The van der Waals surface area contributed by atoms with Crippen molar-refractivity contribution < 1.29 is 19.1 Å².